The summed E-state index contributed by atoms with van der Waals surface area (Å²) in [5, 5.41) is 11.3. The first-order valence-corrected chi connectivity index (χ1v) is 7.68. The molecule has 0 spiro atoms. The minimum absolute atomic E-state index is 0.0988. The van der Waals surface area contributed by atoms with Gasteiger partial charge in [0.25, 0.3) is 0 Å². The van der Waals surface area contributed by atoms with Gasteiger partial charge in [0.2, 0.25) is 0 Å². The van der Waals surface area contributed by atoms with Gasteiger partial charge in [0.1, 0.15) is 5.76 Å². The van der Waals surface area contributed by atoms with Crippen LogP contribution in [-0.2, 0) is 17.9 Å². The number of furan rings is 1. The van der Waals surface area contributed by atoms with Crippen molar-refractivity contribution in [3.8, 4) is 0 Å². The van der Waals surface area contributed by atoms with Gasteiger partial charge in [-0.1, -0.05) is 0 Å². The minimum Gasteiger partial charge on any atom is -0.481 e. The Labute approximate surface area is 132 Å². The summed E-state index contributed by atoms with van der Waals surface area (Å²) in [4.78, 5) is 26.6. The van der Waals surface area contributed by atoms with Gasteiger partial charge in [0, 0.05) is 16.3 Å². The number of rotatable bonds is 7. The molecule has 7 heteroatoms. The summed E-state index contributed by atoms with van der Waals surface area (Å²) in [6, 6.07) is 7.26. The summed E-state index contributed by atoms with van der Waals surface area (Å²) in [5.41, 5.74) is 0. The summed E-state index contributed by atoms with van der Waals surface area (Å²) in [6.07, 6.45) is 1.46. The molecule has 2 rings (SSSR count). The lowest BCUT2D eigenvalue weighted by Gasteiger charge is -2.21. The van der Waals surface area contributed by atoms with Gasteiger partial charge in [-0.3, -0.25) is 4.79 Å². The Hall–Kier alpha value is -2.28. The standard InChI is InChI=1S/C15H18N2O4S/c1-11-4-5-13(22-11)10-17(9-12-3-2-8-21-12)15(20)16-7-6-14(18)19/h2-5,8H,6-7,9-10H2,1H3,(H,16,20)(H,18,19). The summed E-state index contributed by atoms with van der Waals surface area (Å²) < 4.78 is 5.29. The van der Waals surface area contributed by atoms with Gasteiger partial charge in [0.05, 0.1) is 25.8 Å². The van der Waals surface area contributed by atoms with Gasteiger partial charge < -0.3 is 19.7 Å². The number of urea groups is 1. The van der Waals surface area contributed by atoms with Crippen LogP contribution in [0, 0.1) is 6.92 Å². The van der Waals surface area contributed by atoms with E-state index in [-0.39, 0.29) is 19.0 Å². The fourth-order valence-electron chi connectivity index (χ4n) is 1.94. The number of carboxylic acids is 1. The Kier molecular flexibility index (Phi) is 5.60. The molecule has 0 radical (unpaired) electrons. The van der Waals surface area contributed by atoms with E-state index < -0.39 is 5.97 Å². The largest absolute Gasteiger partial charge is 0.481 e. The summed E-state index contributed by atoms with van der Waals surface area (Å²) in [5.74, 6) is -0.256. The van der Waals surface area contributed by atoms with Crippen LogP contribution in [0.4, 0.5) is 4.79 Å². The van der Waals surface area contributed by atoms with E-state index in [9.17, 15) is 9.59 Å². The highest BCUT2D eigenvalue weighted by Gasteiger charge is 2.16. The van der Waals surface area contributed by atoms with Crippen molar-refractivity contribution in [1.82, 2.24) is 10.2 Å². The molecular formula is C15H18N2O4S. The van der Waals surface area contributed by atoms with Crippen LogP contribution in [0.25, 0.3) is 0 Å². The lowest BCUT2D eigenvalue weighted by molar-refractivity contribution is -0.136. The van der Waals surface area contributed by atoms with E-state index in [2.05, 4.69) is 5.32 Å². The molecule has 2 N–H and O–H groups in total. The van der Waals surface area contributed by atoms with Crippen LogP contribution in [-0.4, -0.2) is 28.6 Å². The van der Waals surface area contributed by atoms with Crippen molar-refractivity contribution in [2.45, 2.75) is 26.4 Å². The first-order chi connectivity index (χ1) is 10.5. The topological polar surface area (TPSA) is 82.8 Å². The van der Waals surface area contributed by atoms with Crippen LogP contribution >= 0.6 is 11.3 Å². The monoisotopic (exact) mass is 322 g/mol. The molecule has 0 aliphatic heterocycles. The lowest BCUT2D eigenvalue weighted by atomic mass is 10.3. The van der Waals surface area contributed by atoms with E-state index in [4.69, 9.17) is 9.52 Å². The highest BCUT2D eigenvalue weighted by molar-refractivity contribution is 7.11. The number of nitrogens with one attached hydrogen (secondary N) is 1. The average molecular weight is 322 g/mol. The average Bonchev–Trinajstić information content (AvgIpc) is 3.09. The van der Waals surface area contributed by atoms with E-state index in [1.165, 1.54) is 4.88 Å². The molecule has 22 heavy (non-hydrogen) atoms. The molecule has 0 fully saturated rings. The van der Waals surface area contributed by atoms with Crippen molar-refractivity contribution >= 4 is 23.3 Å². The zero-order valence-electron chi connectivity index (χ0n) is 12.2. The molecule has 0 aliphatic carbocycles. The van der Waals surface area contributed by atoms with Crippen molar-refractivity contribution in [2.24, 2.45) is 0 Å². The molecular weight excluding hydrogens is 304 g/mol. The second-order valence-electron chi connectivity index (χ2n) is 4.82. The molecule has 0 saturated heterocycles. The van der Waals surface area contributed by atoms with Crippen molar-refractivity contribution in [3.05, 3.63) is 46.0 Å². The number of amides is 2. The second-order valence-corrected chi connectivity index (χ2v) is 6.20. The molecule has 0 bridgehead atoms. The molecule has 0 aliphatic rings. The lowest BCUT2D eigenvalue weighted by Crippen LogP contribution is -2.39. The van der Waals surface area contributed by atoms with Crippen LogP contribution in [0.15, 0.2) is 34.9 Å². The maximum absolute atomic E-state index is 12.2. The van der Waals surface area contributed by atoms with Crippen molar-refractivity contribution in [1.29, 1.82) is 0 Å². The smallest absolute Gasteiger partial charge is 0.318 e. The van der Waals surface area contributed by atoms with Gasteiger partial charge in [-0.15, -0.1) is 11.3 Å². The number of aliphatic carboxylic acids is 1. The number of hydrogen-bond acceptors (Lipinski definition) is 4. The number of hydrogen-bond donors (Lipinski definition) is 2. The summed E-state index contributed by atoms with van der Waals surface area (Å²) in [6.45, 7) is 2.91. The third-order valence-electron chi connectivity index (χ3n) is 2.97. The van der Waals surface area contributed by atoms with Crippen LogP contribution in [0.2, 0.25) is 0 Å². The number of nitrogens with zero attached hydrogens (tertiary/aromatic N) is 1. The Morgan fingerprint density at radius 2 is 2.14 bits per heavy atom. The number of carbonyl (C=O) groups is 2. The van der Waals surface area contributed by atoms with E-state index in [1.54, 1.807) is 34.6 Å². The molecule has 0 aromatic carbocycles. The van der Waals surface area contributed by atoms with E-state index >= 15 is 0 Å². The Morgan fingerprint density at radius 3 is 2.73 bits per heavy atom. The summed E-state index contributed by atoms with van der Waals surface area (Å²) >= 11 is 1.63. The second kappa shape index (κ2) is 7.65. The third-order valence-corrected chi connectivity index (χ3v) is 3.96. The normalized spacial score (nSPS) is 10.4. The predicted octanol–water partition coefficient (Wildman–Crippen LogP) is 2.84. The van der Waals surface area contributed by atoms with Gasteiger partial charge in [0.15, 0.2) is 0 Å². The molecule has 118 valence electrons. The molecule has 2 aromatic heterocycles. The molecule has 0 atom stereocenters. The van der Waals surface area contributed by atoms with Gasteiger partial charge >= 0.3 is 12.0 Å². The Morgan fingerprint density at radius 1 is 1.32 bits per heavy atom. The number of carbonyl (C=O) groups excluding carboxylic acids is 1. The molecule has 6 nitrogen and oxygen atoms in total. The molecule has 2 heterocycles. The predicted molar refractivity (Wildman–Crippen MR) is 82.7 cm³/mol. The zero-order chi connectivity index (χ0) is 15.9. The van der Waals surface area contributed by atoms with E-state index in [1.807, 2.05) is 19.1 Å². The fraction of sp³-hybridized carbons (Fsp3) is 0.333. The van der Waals surface area contributed by atoms with Crippen LogP contribution in [0.3, 0.4) is 0 Å². The van der Waals surface area contributed by atoms with Gasteiger partial charge in [-0.05, 0) is 31.2 Å². The maximum atomic E-state index is 12.2. The SMILES string of the molecule is Cc1ccc(CN(Cc2ccco2)C(=O)NCCC(=O)O)s1. The van der Waals surface area contributed by atoms with Crippen molar-refractivity contribution < 1.29 is 19.1 Å². The third kappa shape index (κ3) is 4.92. The Bertz CT molecular complexity index is 621. The van der Waals surface area contributed by atoms with E-state index in [0.717, 1.165) is 4.88 Å². The first-order valence-electron chi connectivity index (χ1n) is 6.87. The van der Waals surface area contributed by atoms with Crippen LogP contribution < -0.4 is 5.32 Å². The van der Waals surface area contributed by atoms with Crippen molar-refractivity contribution in [3.63, 3.8) is 0 Å². The minimum atomic E-state index is -0.938. The molecule has 0 unspecified atom stereocenters. The molecule has 2 aromatic rings. The quantitative estimate of drug-likeness (QED) is 0.821. The number of thiophene rings is 1. The maximum Gasteiger partial charge on any atom is 0.318 e. The zero-order valence-corrected chi connectivity index (χ0v) is 13.1. The molecule has 2 amide bonds. The van der Waals surface area contributed by atoms with Gasteiger partial charge in [-0.25, -0.2) is 4.79 Å². The van der Waals surface area contributed by atoms with Crippen LogP contribution in [0.5, 0.6) is 0 Å². The molecule has 0 saturated carbocycles. The van der Waals surface area contributed by atoms with Crippen molar-refractivity contribution in [2.75, 3.05) is 6.54 Å². The summed E-state index contributed by atoms with van der Waals surface area (Å²) in [7, 11) is 0. The highest BCUT2D eigenvalue weighted by Crippen LogP contribution is 2.18. The number of carboxylic acid groups (broad SMARTS) is 1. The Balaban J connectivity index is 2.00. The number of aryl methyl sites for hydroxylation is 1. The van der Waals surface area contributed by atoms with Crippen LogP contribution in [0.1, 0.15) is 21.9 Å². The van der Waals surface area contributed by atoms with E-state index in [0.29, 0.717) is 18.8 Å². The highest BCUT2D eigenvalue weighted by atomic mass is 32.1. The first kappa shape index (κ1) is 16.1. The fourth-order valence-corrected chi connectivity index (χ4v) is 2.84. The van der Waals surface area contributed by atoms with Gasteiger partial charge in [-0.2, -0.15) is 0 Å².